The molecule has 0 aliphatic carbocycles. The van der Waals surface area contributed by atoms with E-state index in [1.165, 1.54) is 24.3 Å². The van der Waals surface area contributed by atoms with E-state index in [0.29, 0.717) is 27.4 Å². The highest BCUT2D eigenvalue weighted by Crippen LogP contribution is 2.39. The van der Waals surface area contributed by atoms with Crippen molar-refractivity contribution in [3.63, 3.8) is 0 Å². The van der Waals surface area contributed by atoms with Gasteiger partial charge in [0.15, 0.2) is 0 Å². The highest BCUT2D eigenvalue weighted by atomic mass is 35.5. The molecule has 0 saturated heterocycles. The lowest BCUT2D eigenvalue weighted by Gasteiger charge is -2.17. The van der Waals surface area contributed by atoms with Gasteiger partial charge in [-0.3, -0.25) is 9.59 Å². The number of anilines is 1. The first-order valence-electron chi connectivity index (χ1n) is 8.96. The summed E-state index contributed by atoms with van der Waals surface area (Å²) in [5.74, 6) is -1.11. The average molecular weight is 407 g/mol. The third-order valence-corrected chi connectivity index (χ3v) is 5.01. The Hall–Kier alpha value is -3.44. The molecule has 1 heterocycles. The van der Waals surface area contributed by atoms with Crippen molar-refractivity contribution < 1.29 is 14.0 Å². The van der Waals surface area contributed by atoms with Crippen LogP contribution in [0.1, 0.15) is 33.1 Å². The predicted octanol–water partition coefficient (Wildman–Crippen LogP) is 4.96. The van der Waals surface area contributed by atoms with Crippen molar-refractivity contribution in [2.24, 2.45) is 0 Å². The second-order valence-corrected chi connectivity index (χ2v) is 6.98. The summed E-state index contributed by atoms with van der Waals surface area (Å²) < 4.78 is 13.8. The number of hydrogen-bond acceptors (Lipinski definition) is 2. The Labute approximate surface area is 172 Å². The molecule has 0 fully saturated rings. The molecule has 0 bridgehead atoms. The molecule has 0 aromatic heterocycles. The summed E-state index contributed by atoms with van der Waals surface area (Å²) in [5.41, 5.74) is 2.77. The molecular formula is C23H16ClFN2O2. The topological polar surface area (TPSA) is 58.2 Å². The van der Waals surface area contributed by atoms with Crippen molar-refractivity contribution in [1.82, 2.24) is 5.32 Å². The van der Waals surface area contributed by atoms with E-state index in [9.17, 15) is 14.0 Å². The number of carbonyl (C=O) groups excluding carboxylic acids is 2. The van der Waals surface area contributed by atoms with Crippen LogP contribution in [0.5, 0.6) is 0 Å². The number of halogens is 2. The highest BCUT2D eigenvalue weighted by molar-refractivity contribution is 6.31. The Morgan fingerprint density at radius 1 is 1.07 bits per heavy atom. The first-order chi connectivity index (χ1) is 14.0. The summed E-state index contributed by atoms with van der Waals surface area (Å²) in [6.45, 7) is 0. The molecule has 4 rings (SSSR count). The maximum Gasteiger partial charge on any atom is 0.252 e. The van der Waals surface area contributed by atoms with Gasteiger partial charge in [0.25, 0.3) is 5.91 Å². The molecule has 1 atom stereocenters. The summed E-state index contributed by atoms with van der Waals surface area (Å²) in [7, 11) is 0. The molecule has 29 heavy (non-hydrogen) atoms. The Bertz CT molecular complexity index is 1130. The number of amides is 2. The smallest absolute Gasteiger partial charge is 0.252 e. The van der Waals surface area contributed by atoms with Crippen molar-refractivity contribution in [3.05, 3.63) is 106 Å². The number of hydrogen-bond donors (Lipinski definition) is 2. The second-order valence-electron chi connectivity index (χ2n) is 6.57. The Kier molecular flexibility index (Phi) is 5.14. The molecule has 2 amide bonds. The fourth-order valence-corrected chi connectivity index (χ4v) is 3.57. The second kappa shape index (κ2) is 7.89. The standard InChI is InChI=1S/C23H16ClFN2O2/c24-18-11-10-15(25)13-17(18)22-21-16(23(29)27-22)7-4-8-19(21)26-20(28)12-9-14-5-2-1-3-6-14/h1-13,22H,(H,26,28)(H,27,29)/b12-9+. The van der Waals surface area contributed by atoms with Crippen LogP contribution >= 0.6 is 11.6 Å². The quantitative estimate of drug-likeness (QED) is 0.601. The third kappa shape index (κ3) is 3.91. The molecule has 3 aromatic rings. The van der Waals surface area contributed by atoms with E-state index >= 15 is 0 Å². The van der Waals surface area contributed by atoms with Crippen LogP contribution in [0.25, 0.3) is 6.08 Å². The zero-order valence-electron chi connectivity index (χ0n) is 15.2. The lowest BCUT2D eigenvalue weighted by Crippen LogP contribution is -2.21. The van der Waals surface area contributed by atoms with Gasteiger partial charge in [-0.2, -0.15) is 0 Å². The molecule has 1 unspecified atom stereocenters. The Morgan fingerprint density at radius 3 is 2.66 bits per heavy atom. The van der Waals surface area contributed by atoms with Crippen LogP contribution < -0.4 is 10.6 Å². The zero-order chi connectivity index (χ0) is 20.4. The monoisotopic (exact) mass is 406 g/mol. The molecular weight excluding hydrogens is 391 g/mol. The number of carbonyl (C=O) groups is 2. The SMILES string of the molecule is O=C(/C=C/c1ccccc1)Nc1cccc2c1C(c1cc(F)ccc1Cl)NC2=O. The molecule has 3 aromatic carbocycles. The highest BCUT2D eigenvalue weighted by Gasteiger charge is 2.33. The normalized spacial score (nSPS) is 15.2. The zero-order valence-corrected chi connectivity index (χ0v) is 15.9. The molecule has 0 saturated carbocycles. The van der Waals surface area contributed by atoms with E-state index in [2.05, 4.69) is 10.6 Å². The Balaban J connectivity index is 1.67. The van der Waals surface area contributed by atoms with Crippen LogP contribution in [-0.2, 0) is 4.79 Å². The van der Waals surface area contributed by atoms with Gasteiger partial charge in [0.05, 0.1) is 6.04 Å². The van der Waals surface area contributed by atoms with Crippen LogP contribution in [0, 0.1) is 5.82 Å². The van der Waals surface area contributed by atoms with E-state index in [4.69, 9.17) is 11.6 Å². The van der Waals surface area contributed by atoms with Crippen LogP contribution in [-0.4, -0.2) is 11.8 Å². The summed E-state index contributed by atoms with van der Waals surface area (Å²) in [5, 5.41) is 5.96. The van der Waals surface area contributed by atoms with E-state index in [0.717, 1.165) is 5.56 Å². The van der Waals surface area contributed by atoms with Gasteiger partial charge < -0.3 is 10.6 Å². The van der Waals surface area contributed by atoms with Crippen LogP contribution in [0.3, 0.4) is 0 Å². The minimum atomic E-state index is -0.657. The molecule has 0 radical (unpaired) electrons. The predicted molar refractivity (Wildman–Crippen MR) is 111 cm³/mol. The van der Waals surface area contributed by atoms with Crippen LogP contribution in [0.2, 0.25) is 5.02 Å². The molecule has 2 N–H and O–H groups in total. The lowest BCUT2D eigenvalue weighted by molar-refractivity contribution is -0.111. The summed E-state index contributed by atoms with van der Waals surface area (Å²) in [6.07, 6.45) is 3.12. The van der Waals surface area contributed by atoms with E-state index in [1.807, 2.05) is 30.3 Å². The number of nitrogens with one attached hydrogen (secondary N) is 2. The van der Waals surface area contributed by atoms with Crippen LogP contribution in [0.4, 0.5) is 10.1 Å². The molecule has 1 aliphatic rings. The van der Waals surface area contributed by atoms with Crippen molar-refractivity contribution >= 4 is 35.2 Å². The van der Waals surface area contributed by atoms with Crippen molar-refractivity contribution in [3.8, 4) is 0 Å². The first-order valence-corrected chi connectivity index (χ1v) is 9.33. The van der Waals surface area contributed by atoms with E-state index in [1.54, 1.807) is 24.3 Å². The van der Waals surface area contributed by atoms with E-state index < -0.39 is 11.9 Å². The minimum Gasteiger partial charge on any atom is -0.341 e. The van der Waals surface area contributed by atoms with E-state index in [-0.39, 0.29) is 11.8 Å². The molecule has 6 heteroatoms. The molecule has 144 valence electrons. The maximum absolute atomic E-state index is 13.8. The van der Waals surface area contributed by atoms with Crippen molar-refractivity contribution in [1.29, 1.82) is 0 Å². The maximum atomic E-state index is 13.8. The number of fused-ring (bicyclic) bond motifs is 1. The van der Waals surface area contributed by atoms with Gasteiger partial charge >= 0.3 is 0 Å². The van der Waals surface area contributed by atoms with Gasteiger partial charge in [-0.05, 0) is 42.0 Å². The molecule has 4 nitrogen and oxygen atoms in total. The fourth-order valence-electron chi connectivity index (χ4n) is 3.34. The summed E-state index contributed by atoms with van der Waals surface area (Å²) in [4.78, 5) is 24.9. The van der Waals surface area contributed by atoms with Gasteiger partial charge in [-0.15, -0.1) is 0 Å². The summed E-state index contributed by atoms with van der Waals surface area (Å²) >= 11 is 6.25. The van der Waals surface area contributed by atoms with Gasteiger partial charge in [-0.25, -0.2) is 4.39 Å². The molecule has 1 aliphatic heterocycles. The van der Waals surface area contributed by atoms with Crippen molar-refractivity contribution in [2.45, 2.75) is 6.04 Å². The average Bonchev–Trinajstić information content (AvgIpc) is 3.07. The first kappa shape index (κ1) is 18.9. The van der Waals surface area contributed by atoms with Crippen molar-refractivity contribution in [2.75, 3.05) is 5.32 Å². The minimum absolute atomic E-state index is 0.304. The van der Waals surface area contributed by atoms with Gasteiger partial charge in [-0.1, -0.05) is 48.0 Å². The Morgan fingerprint density at radius 2 is 1.86 bits per heavy atom. The number of rotatable bonds is 4. The van der Waals surface area contributed by atoms with Gasteiger partial charge in [0, 0.05) is 33.5 Å². The third-order valence-electron chi connectivity index (χ3n) is 4.67. The fraction of sp³-hybridized carbons (Fsp3) is 0.0435. The number of benzene rings is 3. The largest absolute Gasteiger partial charge is 0.341 e. The summed E-state index contributed by atoms with van der Waals surface area (Å²) in [6, 6.07) is 17.8. The lowest BCUT2D eigenvalue weighted by atomic mass is 9.96. The van der Waals surface area contributed by atoms with Crippen LogP contribution in [0.15, 0.2) is 72.8 Å². The molecule has 0 spiro atoms. The van der Waals surface area contributed by atoms with Gasteiger partial charge in [0.1, 0.15) is 5.82 Å². The van der Waals surface area contributed by atoms with Gasteiger partial charge in [0.2, 0.25) is 5.91 Å².